The van der Waals surface area contributed by atoms with Crippen LogP contribution in [0.5, 0.6) is 0 Å². The van der Waals surface area contributed by atoms with Crippen LogP contribution in [0.2, 0.25) is 0 Å². The lowest BCUT2D eigenvalue weighted by atomic mass is 10.0. The third-order valence-corrected chi connectivity index (χ3v) is 2.35. The Labute approximate surface area is 55.6 Å². The molecule has 0 radical (unpaired) electrons. The highest BCUT2D eigenvalue weighted by molar-refractivity contribution is 4.91. The summed E-state index contributed by atoms with van der Waals surface area (Å²) in [6.45, 7) is 4.18. The van der Waals surface area contributed by atoms with E-state index in [9.17, 15) is 0 Å². The molecule has 0 aromatic rings. The van der Waals surface area contributed by atoms with Gasteiger partial charge in [0.1, 0.15) is 0 Å². The van der Waals surface area contributed by atoms with Gasteiger partial charge in [-0.05, 0) is 13.3 Å². The fourth-order valence-electron chi connectivity index (χ4n) is 1.90. The summed E-state index contributed by atoms with van der Waals surface area (Å²) in [5.74, 6) is 0.819. The van der Waals surface area contributed by atoms with Crippen molar-refractivity contribution < 1.29 is 4.74 Å². The van der Waals surface area contributed by atoms with Crippen LogP contribution < -0.4 is 5.32 Å². The van der Waals surface area contributed by atoms with E-state index in [1.165, 1.54) is 6.42 Å². The molecule has 0 aliphatic carbocycles. The van der Waals surface area contributed by atoms with E-state index in [-0.39, 0.29) is 0 Å². The molecule has 0 bridgehead atoms. The average molecular weight is 127 g/mol. The highest BCUT2D eigenvalue weighted by Gasteiger charge is 2.35. The molecule has 0 aromatic heterocycles. The SMILES string of the molecule is C[C@@H]1CC2COCC2N1. The topological polar surface area (TPSA) is 21.3 Å². The minimum Gasteiger partial charge on any atom is -0.379 e. The van der Waals surface area contributed by atoms with Gasteiger partial charge >= 0.3 is 0 Å². The van der Waals surface area contributed by atoms with Crippen LogP contribution in [0.4, 0.5) is 0 Å². The van der Waals surface area contributed by atoms with Crippen molar-refractivity contribution in [2.75, 3.05) is 13.2 Å². The standard InChI is InChI=1S/C7H13NO/c1-5-2-6-3-9-4-7(6)8-5/h5-8H,2-4H2,1H3/t5-,6?,7?/m1/s1. The van der Waals surface area contributed by atoms with Crippen LogP contribution >= 0.6 is 0 Å². The van der Waals surface area contributed by atoms with E-state index < -0.39 is 0 Å². The first-order valence-electron chi connectivity index (χ1n) is 3.70. The zero-order valence-corrected chi connectivity index (χ0v) is 5.76. The van der Waals surface area contributed by atoms with Gasteiger partial charge in [0.05, 0.1) is 13.2 Å². The molecule has 1 N–H and O–H groups in total. The van der Waals surface area contributed by atoms with Gasteiger partial charge in [-0.2, -0.15) is 0 Å². The monoisotopic (exact) mass is 127 g/mol. The molecular formula is C7H13NO. The van der Waals surface area contributed by atoms with Crippen LogP contribution in [0.3, 0.4) is 0 Å². The van der Waals surface area contributed by atoms with Crippen molar-refractivity contribution in [3.8, 4) is 0 Å². The minimum absolute atomic E-state index is 0.681. The number of rotatable bonds is 0. The maximum absolute atomic E-state index is 5.30. The summed E-state index contributed by atoms with van der Waals surface area (Å²) in [5, 5.41) is 3.49. The van der Waals surface area contributed by atoms with E-state index in [0.717, 1.165) is 25.2 Å². The normalized spacial score (nSPS) is 49.7. The van der Waals surface area contributed by atoms with Crippen LogP contribution in [0, 0.1) is 5.92 Å². The highest BCUT2D eigenvalue weighted by Crippen LogP contribution is 2.25. The van der Waals surface area contributed by atoms with E-state index >= 15 is 0 Å². The molecule has 2 saturated heterocycles. The summed E-state index contributed by atoms with van der Waals surface area (Å²) >= 11 is 0. The number of fused-ring (bicyclic) bond motifs is 1. The van der Waals surface area contributed by atoms with Crippen molar-refractivity contribution >= 4 is 0 Å². The zero-order valence-electron chi connectivity index (χ0n) is 5.76. The molecule has 0 amide bonds. The number of hydrogen-bond acceptors (Lipinski definition) is 2. The van der Waals surface area contributed by atoms with Crippen LogP contribution in [0.15, 0.2) is 0 Å². The third kappa shape index (κ3) is 0.864. The van der Waals surface area contributed by atoms with Gasteiger partial charge in [0.25, 0.3) is 0 Å². The average Bonchev–Trinajstić information content (AvgIpc) is 2.22. The van der Waals surface area contributed by atoms with Crippen molar-refractivity contribution in [3.63, 3.8) is 0 Å². The van der Waals surface area contributed by atoms with Crippen molar-refractivity contribution in [2.45, 2.75) is 25.4 Å². The van der Waals surface area contributed by atoms with E-state index in [4.69, 9.17) is 4.74 Å². The van der Waals surface area contributed by atoms with E-state index in [1.807, 2.05) is 0 Å². The maximum atomic E-state index is 5.30. The summed E-state index contributed by atoms with van der Waals surface area (Å²) in [6, 6.07) is 1.41. The predicted octanol–water partition coefficient (Wildman–Crippen LogP) is 0.383. The molecule has 2 aliphatic heterocycles. The van der Waals surface area contributed by atoms with Crippen molar-refractivity contribution in [1.29, 1.82) is 0 Å². The molecule has 2 unspecified atom stereocenters. The first-order valence-corrected chi connectivity index (χ1v) is 3.70. The Balaban J connectivity index is 2.02. The zero-order chi connectivity index (χ0) is 6.27. The molecule has 2 nitrogen and oxygen atoms in total. The van der Waals surface area contributed by atoms with Gasteiger partial charge in [0.2, 0.25) is 0 Å². The largest absolute Gasteiger partial charge is 0.379 e. The Bertz CT molecular complexity index is 103. The second-order valence-corrected chi connectivity index (χ2v) is 3.21. The van der Waals surface area contributed by atoms with E-state index in [2.05, 4.69) is 12.2 Å². The molecule has 3 atom stereocenters. The Morgan fingerprint density at radius 3 is 3.11 bits per heavy atom. The Kier molecular flexibility index (Phi) is 1.24. The van der Waals surface area contributed by atoms with Crippen LogP contribution in [-0.4, -0.2) is 25.3 Å². The number of nitrogens with one attached hydrogen (secondary N) is 1. The predicted molar refractivity (Wildman–Crippen MR) is 35.3 cm³/mol. The molecule has 0 saturated carbocycles. The van der Waals surface area contributed by atoms with E-state index in [1.54, 1.807) is 0 Å². The lowest BCUT2D eigenvalue weighted by Gasteiger charge is -2.05. The van der Waals surface area contributed by atoms with Crippen molar-refractivity contribution in [3.05, 3.63) is 0 Å². The lowest BCUT2D eigenvalue weighted by Crippen LogP contribution is -2.29. The Hall–Kier alpha value is -0.0800. The third-order valence-electron chi connectivity index (χ3n) is 2.35. The van der Waals surface area contributed by atoms with Crippen molar-refractivity contribution in [2.24, 2.45) is 5.92 Å². The van der Waals surface area contributed by atoms with Crippen LogP contribution in [0.25, 0.3) is 0 Å². The van der Waals surface area contributed by atoms with E-state index in [0.29, 0.717) is 6.04 Å². The molecule has 2 rings (SSSR count). The Morgan fingerprint density at radius 2 is 2.33 bits per heavy atom. The molecule has 52 valence electrons. The summed E-state index contributed by atoms with van der Waals surface area (Å²) in [7, 11) is 0. The van der Waals surface area contributed by atoms with Gasteiger partial charge < -0.3 is 10.1 Å². The summed E-state index contributed by atoms with van der Waals surface area (Å²) < 4.78 is 5.30. The molecule has 2 aliphatic rings. The van der Waals surface area contributed by atoms with Gasteiger partial charge in [-0.3, -0.25) is 0 Å². The molecular weight excluding hydrogens is 114 g/mol. The molecule has 2 heterocycles. The van der Waals surface area contributed by atoms with Gasteiger partial charge in [0, 0.05) is 18.0 Å². The first-order chi connectivity index (χ1) is 4.36. The van der Waals surface area contributed by atoms with Gasteiger partial charge in [-0.15, -0.1) is 0 Å². The maximum Gasteiger partial charge on any atom is 0.0623 e. The lowest BCUT2D eigenvalue weighted by molar-refractivity contribution is 0.173. The van der Waals surface area contributed by atoms with Crippen LogP contribution in [0.1, 0.15) is 13.3 Å². The highest BCUT2D eigenvalue weighted by atomic mass is 16.5. The van der Waals surface area contributed by atoms with Gasteiger partial charge in [0.15, 0.2) is 0 Å². The first kappa shape index (κ1) is 5.69. The molecule has 2 fully saturated rings. The number of hydrogen-bond donors (Lipinski definition) is 1. The van der Waals surface area contributed by atoms with Gasteiger partial charge in [-0.1, -0.05) is 0 Å². The Morgan fingerprint density at radius 1 is 1.44 bits per heavy atom. The fraction of sp³-hybridized carbons (Fsp3) is 1.00. The second kappa shape index (κ2) is 1.96. The minimum atomic E-state index is 0.681. The second-order valence-electron chi connectivity index (χ2n) is 3.21. The van der Waals surface area contributed by atoms with Crippen molar-refractivity contribution in [1.82, 2.24) is 5.32 Å². The number of ether oxygens (including phenoxy) is 1. The quantitative estimate of drug-likeness (QED) is 0.508. The summed E-state index contributed by atoms with van der Waals surface area (Å²) in [6.07, 6.45) is 1.31. The smallest absolute Gasteiger partial charge is 0.0623 e. The molecule has 0 aromatic carbocycles. The summed E-state index contributed by atoms with van der Waals surface area (Å²) in [5.41, 5.74) is 0. The van der Waals surface area contributed by atoms with Crippen LogP contribution in [-0.2, 0) is 4.74 Å². The van der Waals surface area contributed by atoms with Gasteiger partial charge in [-0.25, -0.2) is 0 Å². The molecule has 2 heteroatoms. The molecule has 0 spiro atoms. The molecule has 9 heavy (non-hydrogen) atoms. The summed E-state index contributed by atoms with van der Waals surface area (Å²) in [4.78, 5) is 0. The fourth-order valence-corrected chi connectivity index (χ4v) is 1.90.